The third-order valence-corrected chi connectivity index (χ3v) is 3.05. The first kappa shape index (κ1) is 15.1. The lowest BCUT2D eigenvalue weighted by Crippen LogP contribution is -2.28. The van der Waals surface area contributed by atoms with Crippen LogP contribution in [0.25, 0.3) is 0 Å². The van der Waals surface area contributed by atoms with Crippen molar-refractivity contribution in [1.82, 2.24) is 15.1 Å². The van der Waals surface area contributed by atoms with E-state index in [4.69, 9.17) is 21.7 Å². The van der Waals surface area contributed by atoms with Crippen LogP contribution in [0.3, 0.4) is 0 Å². The average Bonchev–Trinajstić information content (AvgIpc) is 2.90. The predicted molar refractivity (Wildman–Crippen MR) is 85.8 cm³/mol. The molecule has 112 valence electrons. The van der Waals surface area contributed by atoms with Gasteiger partial charge in [-0.3, -0.25) is 4.68 Å². The van der Waals surface area contributed by atoms with E-state index >= 15 is 0 Å². The maximum Gasteiger partial charge on any atom is 0.171 e. The SMILES string of the molecule is COc1cc(NC(=S)NCc2ccn(C)n2)cc(OC)c1. The summed E-state index contributed by atoms with van der Waals surface area (Å²) in [6, 6.07) is 7.42. The van der Waals surface area contributed by atoms with Gasteiger partial charge in [0.25, 0.3) is 0 Å². The lowest BCUT2D eigenvalue weighted by Gasteiger charge is -2.12. The summed E-state index contributed by atoms with van der Waals surface area (Å²) < 4.78 is 12.2. The Labute approximate surface area is 129 Å². The molecule has 0 unspecified atom stereocenters. The van der Waals surface area contributed by atoms with E-state index in [1.807, 2.05) is 31.4 Å². The zero-order valence-electron chi connectivity index (χ0n) is 12.2. The van der Waals surface area contributed by atoms with Gasteiger partial charge in [-0.05, 0) is 18.3 Å². The van der Waals surface area contributed by atoms with Gasteiger partial charge in [-0.25, -0.2) is 0 Å². The summed E-state index contributed by atoms with van der Waals surface area (Å²) in [5, 5.41) is 11.0. The van der Waals surface area contributed by atoms with Crippen molar-refractivity contribution in [1.29, 1.82) is 0 Å². The Bertz CT molecular complexity index is 605. The van der Waals surface area contributed by atoms with Crippen LogP contribution in [0.15, 0.2) is 30.5 Å². The number of ether oxygens (including phenoxy) is 2. The normalized spacial score (nSPS) is 10.0. The van der Waals surface area contributed by atoms with Crippen LogP contribution in [0.4, 0.5) is 5.69 Å². The monoisotopic (exact) mass is 306 g/mol. The minimum absolute atomic E-state index is 0.510. The van der Waals surface area contributed by atoms with Crippen LogP contribution in [-0.2, 0) is 13.6 Å². The lowest BCUT2D eigenvalue weighted by molar-refractivity contribution is 0.395. The molecule has 1 aromatic heterocycles. The Kier molecular flexibility index (Phi) is 4.99. The summed E-state index contributed by atoms with van der Waals surface area (Å²) >= 11 is 5.26. The van der Waals surface area contributed by atoms with E-state index in [1.165, 1.54) is 0 Å². The number of hydrogen-bond acceptors (Lipinski definition) is 4. The fourth-order valence-corrected chi connectivity index (χ4v) is 1.97. The summed E-state index contributed by atoms with van der Waals surface area (Å²) in [4.78, 5) is 0. The van der Waals surface area contributed by atoms with Crippen molar-refractivity contribution >= 4 is 23.0 Å². The molecule has 0 saturated heterocycles. The van der Waals surface area contributed by atoms with E-state index in [-0.39, 0.29) is 0 Å². The molecule has 0 amide bonds. The summed E-state index contributed by atoms with van der Waals surface area (Å²) in [6.45, 7) is 0.563. The number of nitrogens with zero attached hydrogens (tertiary/aromatic N) is 2. The van der Waals surface area contributed by atoms with E-state index in [1.54, 1.807) is 25.0 Å². The van der Waals surface area contributed by atoms with Crippen LogP contribution in [-0.4, -0.2) is 29.1 Å². The summed E-state index contributed by atoms with van der Waals surface area (Å²) in [7, 11) is 5.09. The number of aromatic nitrogens is 2. The van der Waals surface area contributed by atoms with Gasteiger partial charge in [-0.15, -0.1) is 0 Å². The molecule has 7 heteroatoms. The van der Waals surface area contributed by atoms with E-state index in [9.17, 15) is 0 Å². The molecule has 1 heterocycles. The molecule has 2 N–H and O–H groups in total. The van der Waals surface area contributed by atoms with Gasteiger partial charge in [0.15, 0.2) is 5.11 Å². The van der Waals surface area contributed by atoms with Gasteiger partial charge in [0.2, 0.25) is 0 Å². The second-order valence-corrected chi connectivity index (χ2v) is 4.80. The maximum absolute atomic E-state index is 5.26. The molecule has 1 aromatic carbocycles. The minimum atomic E-state index is 0.510. The van der Waals surface area contributed by atoms with Crippen molar-refractivity contribution in [2.75, 3.05) is 19.5 Å². The third kappa shape index (κ3) is 4.35. The molecule has 0 saturated carbocycles. The fraction of sp³-hybridized carbons (Fsp3) is 0.286. The Balaban J connectivity index is 1.95. The second kappa shape index (κ2) is 6.94. The molecule has 0 aliphatic carbocycles. The number of aryl methyl sites for hydroxylation is 1. The number of rotatable bonds is 5. The van der Waals surface area contributed by atoms with Crippen LogP contribution in [0, 0.1) is 0 Å². The number of hydrogen-bond donors (Lipinski definition) is 2. The van der Waals surface area contributed by atoms with E-state index in [0.29, 0.717) is 23.2 Å². The van der Waals surface area contributed by atoms with Gasteiger partial charge in [0.1, 0.15) is 11.5 Å². The molecule has 2 rings (SSSR count). The van der Waals surface area contributed by atoms with Crippen molar-refractivity contribution in [3.05, 3.63) is 36.2 Å². The standard InChI is InChI=1S/C14H18N4O2S/c1-18-5-4-10(17-18)9-15-14(21)16-11-6-12(19-2)8-13(7-11)20-3/h4-8H,9H2,1-3H3,(H2,15,16,21). The molecule has 0 aliphatic heterocycles. The number of nitrogens with one attached hydrogen (secondary N) is 2. The zero-order valence-corrected chi connectivity index (χ0v) is 13.0. The molecule has 0 atom stereocenters. The molecule has 0 spiro atoms. The molecule has 2 aromatic rings. The van der Waals surface area contributed by atoms with Gasteiger partial charge in [-0.1, -0.05) is 0 Å². The van der Waals surface area contributed by atoms with Crippen LogP contribution in [0.1, 0.15) is 5.69 Å². The highest BCUT2D eigenvalue weighted by atomic mass is 32.1. The maximum atomic E-state index is 5.26. The summed E-state index contributed by atoms with van der Waals surface area (Å²) in [5.74, 6) is 1.40. The van der Waals surface area contributed by atoms with Gasteiger partial charge in [0, 0.05) is 37.1 Å². The Morgan fingerprint density at radius 3 is 2.43 bits per heavy atom. The van der Waals surface area contributed by atoms with Crippen molar-refractivity contribution in [2.24, 2.45) is 7.05 Å². The molecule has 0 radical (unpaired) electrons. The Morgan fingerprint density at radius 1 is 1.24 bits per heavy atom. The van der Waals surface area contributed by atoms with Gasteiger partial charge in [-0.2, -0.15) is 5.10 Å². The third-order valence-electron chi connectivity index (χ3n) is 2.81. The molecule has 21 heavy (non-hydrogen) atoms. The second-order valence-electron chi connectivity index (χ2n) is 4.39. The number of anilines is 1. The van der Waals surface area contributed by atoms with E-state index < -0.39 is 0 Å². The highest BCUT2D eigenvalue weighted by molar-refractivity contribution is 7.80. The highest BCUT2D eigenvalue weighted by Gasteiger charge is 2.04. The van der Waals surface area contributed by atoms with Crippen molar-refractivity contribution < 1.29 is 9.47 Å². The molecule has 0 fully saturated rings. The quantitative estimate of drug-likeness (QED) is 0.823. The summed E-state index contributed by atoms with van der Waals surface area (Å²) in [6.07, 6.45) is 1.89. The number of benzene rings is 1. The summed E-state index contributed by atoms with van der Waals surface area (Å²) in [5.41, 5.74) is 1.72. The molecule has 6 nitrogen and oxygen atoms in total. The smallest absolute Gasteiger partial charge is 0.171 e. The van der Waals surface area contributed by atoms with Crippen LogP contribution >= 0.6 is 12.2 Å². The first-order chi connectivity index (χ1) is 10.1. The molecule has 0 bridgehead atoms. The van der Waals surface area contributed by atoms with Gasteiger partial charge in [0.05, 0.1) is 26.5 Å². The van der Waals surface area contributed by atoms with Gasteiger partial charge < -0.3 is 20.1 Å². The van der Waals surface area contributed by atoms with Crippen molar-refractivity contribution in [2.45, 2.75) is 6.54 Å². The first-order valence-corrected chi connectivity index (χ1v) is 6.78. The van der Waals surface area contributed by atoms with Gasteiger partial charge >= 0.3 is 0 Å². The highest BCUT2D eigenvalue weighted by Crippen LogP contribution is 2.25. The molecular weight excluding hydrogens is 288 g/mol. The molecule has 0 aliphatic rings. The zero-order chi connectivity index (χ0) is 15.2. The number of methoxy groups -OCH3 is 2. The Morgan fingerprint density at radius 2 is 1.90 bits per heavy atom. The fourth-order valence-electron chi connectivity index (χ4n) is 1.78. The Hall–Kier alpha value is -2.28. The topological polar surface area (TPSA) is 60.3 Å². The number of thiocarbonyl (C=S) groups is 1. The van der Waals surface area contributed by atoms with Crippen molar-refractivity contribution in [3.8, 4) is 11.5 Å². The molecular formula is C14H18N4O2S. The van der Waals surface area contributed by atoms with E-state index in [2.05, 4.69) is 15.7 Å². The lowest BCUT2D eigenvalue weighted by atomic mass is 10.3. The van der Waals surface area contributed by atoms with Crippen LogP contribution in [0.2, 0.25) is 0 Å². The average molecular weight is 306 g/mol. The van der Waals surface area contributed by atoms with Crippen LogP contribution in [0.5, 0.6) is 11.5 Å². The van der Waals surface area contributed by atoms with E-state index in [0.717, 1.165) is 11.4 Å². The first-order valence-electron chi connectivity index (χ1n) is 6.37. The predicted octanol–water partition coefficient (Wildman–Crippen LogP) is 1.92. The minimum Gasteiger partial charge on any atom is -0.497 e. The van der Waals surface area contributed by atoms with Crippen molar-refractivity contribution in [3.63, 3.8) is 0 Å². The van der Waals surface area contributed by atoms with Crippen LogP contribution < -0.4 is 20.1 Å². The largest absolute Gasteiger partial charge is 0.497 e.